The highest BCUT2D eigenvalue weighted by Gasteiger charge is 2.13. The molecule has 0 fully saturated rings. The van der Waals surface area contributed by atoms with Gasteiger partial charge in [-0.05, 0) is 62.0 Å². The third kappa shape index (κ3) is 6.81. The van der Waals surface area contributed by atoms with Gasteiger partial charge in [0.05, 0.1) is 6.20 Å². The van der Waals surface area contributed by atoms with E-state index < -0.39 is 0 Å². The molecule has 1 aromatic heterocycles. The summed E-state index contributed by atoms with van der Waals surface area (Å²) in [5.74, 6) is -0.743. The van der Waals surface area contributed by atoms with Gasteiger partial charge in [0.2, 0.25) is 0 Å². The van der Waals surface area contributed by atoms with Gasteiger partial charge in [-0.1, -0.05) is 43.4 Å². The molecule has 0 radical (unpaired) electrons. The number of hydrogen-bond acceptors (Lipinski definition) is 6. The van der Waals surface area contributed by atoms with E-state index in [9.17, 15) is 14.0 Å². The van der Waals surface area contributed by atoms with Crippen molar-refractivity contribution in [3.05, 3.63) is 82.6 Å². The molecule has 1 amide bonds. The number of anilines is 3. The minimum atomic E-state index is -0.352. The topological polar surface area (TPSA) is 74.3 Å². The molecule has 3 rings (SSSR count). The molecule has 2 aromatic carbocycles. The number of hydrogen-bond donors (Lipinski definition) is 2. The first kappa shape index (κ1) is 24.3. The highest BCUT2D eigenvalue weighted by molar-refractivity contribution is 7.17. The predicted molar refractivity (Wildman–Crippen MR) is 132 cm³/mol. The van der Waals surface area contributed by atoms with Gasteiger partial charge in [-0.15, -0.1) is 0 Å². The van der Waals surface area contributed by atoms with E-state index in [-0.39, 0.29) is 17.5 Å². The Labute approximate surface area is 197 Å². The number of halogens is 1. The van der Waals surface area contributed by atoms with Gasteiger partial charge in [-0.3, -0.25) is 9.59 Å². The summed E-state index contributed by atoms with van der Waals surface area (Å²) in [5, 5.41) is 6.44. The third-order valence-corrected chi connectivity index (χ3v) is 6.00. The van der Waals surface area contributed by atoms with Crippen LogP contribution in [0.2, 0.25) is 0 Å². The Morgan fingerprint density at radius 2 is 1.94 bits per heavy atom. The van der Waals surface area contributed by atoms with Crippen LogP contribution in [-0.4, -0.2) is 41.2 Å². The van der Waals surface area contributed by atoms with E-state index >= 15 is 0 Å². The van der Waals surface area contributed by atoms with E-state index in [1.807, 2.05) is 12.1 Å². The monoisotopic (exact) mass is 466 g/mol. The largest absolute Gasteiger partial charge is 0.332 e. The number of amides is 1. The van der Waals surface area contributed by atoms with Gasteiger partial charge < -0.3 is 15.5 Å². The van der Waals surface area contributed by atoms with E-state index in [0.717, 1.165) is 19.6 Å². The molecule has 0 aliphatic heterocycles. The molecule has 6 nitrogen and oxygen atoms in total. The molecular weight excluding hydrogens is 439 g/mol. The molecule has 33 heavy (non-hydrogen) atoms. The van der Waals surface area contributed by atoms with E-state index in [1.165, 1.54) is 35.7 Å². The Morgan fingerprint density at radius 3 is 2.67 bits per heavy atom. The van der Waals surface area contributed by atoms with E-state index in [1.54, 1.807) is 31.2 Å². The quantitative estimate of drug-likeness (QED) is 0.298. The van der Waals surface area contributed by atoms with Crippen LogP contribution in [0.15, 0.2) is 60.8 Å². The first-order valence-electron chi connectivity index (χ1n) is 10.7. The Hall–Kier alpha value is -3.36. The van der Waals surface area contributed by atoms with Gasteiger partial charge in [0.15, 0.2) is 10.9 Å². The van der Waals surface area contributed by atoms with Crippen LogP contribution < -0.4 is 10.6 Å². The Morgan fingerprint density at radius 1 is 1.15 bits per heavy atom. The fourth-order valence-corrected chi connectivity index (χ4v) is 3.88. The van der Waals surface area contributed by atoms with Gasteiger partial charge in [-0.2, -0.15) is 0 Å². The van der Waals surface area contributed by atoms with Crippen LogP contribution >= 0.6 is 11.3 Å². The smallest absolute Gasteiger partial charge is 0.267 e. The summed E-state index contributed by atoms with van der Waals surface area (Å²) < 4.78 is 13.3. The van der Waals surface area contributed by atoms with Crippen molar-refractivity contribution >= 4 is 39.5 Å². The summed E-state index contributed by atoms with van der Waals surface area (Å²) in [6, 6.07) is 11.3. The van der Waals surface area contributed by atoms with Gasteiger partial charge in [0.25, 0.3) is 5.91 Å². The summed E-state index contributed by atoms with van der Waals surface area (Å²) in [4.78, 5) is 31.9. The maximum Gasteiger partial charge on any atom is 0.267 e. The maximum atomic E-state index is 13.3. The molecule has 1 heterocycles. The Kier molecular flexibility index (Phi) is 8.46. The van der Waals surface area contributed by atoms with Crippen LogP contribution in [0.25, 0.3) is 0 Å². The average molecular weight is 467 g/mol. The molecule has 2 N–H and O–H groups in total. The van der Waals surface area contributed by atoms with Crippen LogP contribution in [0, 0.1) is 12.7 Å². The average Bonchev–Trinajstić information content (AvgIpc) is 3.27. The van der Waals surface area contributed by atoms with Crippen LogP contribution in [0.4, 0.5) is 20.9 Å². The normalized spacial score (nSPS) is 11.2. The van der Waals surface area contributed by atoms with Crippen LogP contribution in [-0.2, 0) is 0 Å². The molecule has 0 aliphatic carbocycles. The summed E-state index contributed by atoms with van der Waals surface area (Å²) >= 11 is 1.19. The van der Waals surface area contributed by atoms with Crippen molar-refractivity contribution in [2.75, 3.05) is 30.3 Å². The number of aromatic nitrogens is 1. The molecule has 0 saturated heterocycles. The summed E-state index contributed by atoms with van der Waals surface area (Å²) in [7, 11) is 0. The second-order valence-electron chi connectivity index (χ2n) is 7.40. The first-order valence-corrected chi connectivity index (χ1v) is 11.5. The number of nitrogens with zero attached hydrogens (tertiary/aromatic N) is 2. The van der Waals surface area contributed by atoms with Crippen molar-refractivity contribution in [2.24, 2.45) is 0 Å². The number of rotatable bonds is 10. The number of carbonyl (C=O) groups excluding carboxylic acids is 2. The summed E-state index contributed by atoms with van der Waals surface area (Å²) in [5.41, 5.74) is 2.45. The van der Waals surface area contributed by atoms with Crippen LogP contribution in [0.1, 0.15) is 39.4 Å². The Balaban J connectivity index is 1.63. The number of likely N-dealkylation sites (N-methyl/N-ethyl adjacent to an activating group) is 1. The van der Waals surface area contributed by atoms with E-state index in [2.05, 4.69) is 34.4 Å². The number of thiazole rings is 1. The Bertz CT molecular complexity index is 1150. The van der Waals surface area contributed by atoms with Crippen molar-refractivity contribution in [3.63, 3.8) is 0 Å². The fourth-order valence-electron chi connectivity index (χ4n) is 3.15. The standard InChI is InChI=1S/C25H27FN4O2S/c1-4-30(5-2)13-7-10-22(31)18-8-6-9-20(15-18)28-25-27-16-23(33-25)24(32)29-21-12-11-19(26)14-17(21)3/h6-12,14-16H,4-5,13H2,1-3H3,(H,27,28)(H,29,32)/b10-7+. The lowest BCUT2D eigenvalue weighted by Crippen LogP contribution is -2.22. The zero-order valence-electron chi connectivity index (χ0n) is 18.9. The van der Waals surface area contributed by atoms with Crippen LogP contribution in [0.3, 0.4) is 0 Å². The lowest BCUT2D eigenvalue weighted by molar-refractivity contribution is 0.102. The zero-order valence-corrected chi connectivity index (χ0v) is 19.7. The number of carbonyl (C=O) groups is 2. The molecule has 0 saturated carbocycles. The fraction of sp³-hybridized carbons (Fsp3) is 0.240. The van der Waals surface area contributed by atoms with Gasteiger partial charge in [0, 0.05) is 23.5 Å². The van der Waals surface area contributed by atoms with E-state index in [0.29, 0.717) is 32.5 Å². The SMILES string of the molecule is CCN(CC)C/C=C/C(=O)c1cccc(Nc2ncc(C(=O)Nc3ccc(F)cc3C)s2)c1. The van der Waals surface area contributed by atoms with Crippen molar-refractivity contribution in [1.29, 1.82) is 0 Å². The summed E-state index contributed by atoms with van der Waals surface area (Å²) in [6.07, 6.45) is 4.96. The van der Waals surface area contributed by atoms with E-state index in [4.69, 9.17) is 0 Å². The third-order valence-electron chi connectivity index (χ3n) is 5.09. The summed E-state index contributed by atoms with van der Waals surface area (Å²) in [6.45, 7) is 8.51. The second kappa shape index (κ2) is 11.5. The zero-order chi connectivity index (χ0) is 23.8. The lowest BCUT2D eigenvalue weighted by Gasteiger charge is -2.14. The van der Waals surface area contributed by atoms with Gasteiger partial charge >= 0.3 is 0 Å². The maximum absolute atomic E-state index is 13.3. The number of nitrogens with one attached hydrogen (secondary N) is 2. The highest BCUT2D eigenvalue weighted by atomic mass is 32.1. The van der Waals surface area contributed by atoms with Gasteiger partial charge in [0.1, 0.15) is 10.7 Å². The minimum Gasteiger partial charge on any atom is -0.332 e. The van der Waals surface area contributed by atoms with Crippen LogP contribution in [0.5, 0.6) is 0 Å². The molecule has 0 unspecified atom stereocenters. The minimum absolute atomic E-state index is 0.0697. The molecule has 172 valence electrons. The molecule has 3 aromatic rings. The molecule has 0 aliphatic rings. The number of ketones is 1. The van der Waals surface area contributed by atoms with Crippen molar-refractivity contribution < 1.29 is 14.0 Å². The number of benzene rings is 2. The molecule has 0 spiro atoms. The molecule has 8 heteroatoms. The lowest BCUT2D eigenvalue weighted by atomic mass is 10.1. The van der Waals surface area contributed by atoms with Crippen molar-refractivity contribution in [3.8, 4) is 0 Å². The molecular formula is C25H27FN4O2S. The number of allylic oxidation sites excluding steroid dienone is 1. The van der Waals surface area contributed by atoms with Crippen molar-refractivity contribution in [2.45, 2.75) is 20.8 Å². The predicted octanol–water partition coefficient (Wildman–Crippen LogP) is 5.67. The number of aryl methyl sites for hydroxylation is 1. The van der Waals surface area contributed by atoms with Gasteiger partial charge in [-0.25, -0.2) is 9.37 Å². The molecule has 0 bridgehead atoms. The highest BCUT2D eigenvalue weighted by Crippen LogP contribution is 2.25. The van der Waals surface area contributed by atoms with Crippen molar-refractivity contribution in [1.82, 2.24) is 9.88 Å². The second-order valence-corrected chi connectivity index (χ2v) is 8.43. The first-order chi connectivity index (χ1) is 15.9. The molecule has 0 atom stereocenters.